The number of aryl methyl sites for hydroxylation is 4. The molecule has 0 spiro atoms. The molecule has 0 amide bonds. The second-order valence-corrected chi connectivity index (χ2v) is 6.44. The minimum absolute atomic E-state index is 1.07. The van der Waals surface area contributed by atoms with E-state index in [1.165, 1.54) is 16.7 Å². The van der Waals surface area contributed by atoms with Gasteiger partial charge in [0.2, 0.25) is 0 Å². The lowest BCUT2D eigenvalue weighted by Gasteiger charge is -1.82. The molecule has 4 rings (SSSR count). The highest BCUT2D eigenvalue weighted by Gasteiger charge is 1.74. The summed E-state index contributed by atoms with van der Waals surface area (Å²) in [6.45, 7) is 8.22. The fourth-order valence-electron chi connectivity index (χ4n) is 2.05. The van der Waals surface area contributed by atoms with Crippen LogP contribution in [0.25, 0.3) is 0 Å². The Morgan fingerprint density at radius 2 is 0.714 bits per heavy atom. The molecule has 144 valence electrons. The van der Waals surface area contributed by atoms with Gasteiger partial charge < -0.3 is 0 Å². The minimum Gasteiger partial charge on any atom is -0.262 e. The summed E-state index contributed by atoms with van der Waals surface area (Å²) in [7, 11) is 0. The summed E-state index contributed by atoms with van der Waals surface area (Å²) in [5, 5.41) is 0. The third-order valence-corrected chi connectivity index (χ3v) is 3.63. The molecular weight excluding hydrogens is 338 g/mol. The number of benzene rings is 3. The lowest BCUT2D eigenvalue weighted by molar-refractivity contribution is 1.20. The molecular formula is C27H31N. The maximum Gasteiger partial charge on any atom is 0.0372 e. The summed E-state index contributed by atoms with van der Waals surface area (Å²) in [5.41, 5.74) is 5.04. The third kappa shape index (κ3) is 13.1. The molecule has 0 N–H and O–H groups in total. The fraction of sp³-hybridized carbons (Fsp3) is 0.148. The minimum atomic E-state index is 1.07. The average Bonchev–Trinajstić information content (AvgIpc) is 2.72. The molecule has 1 heterocycles. The first-order valence-electron chi connectivity index (χ1n) is 9.50. The lowest BCUT2D eigenvalue weighted by atomic mass is 10.2. The third-order valence-electron chi connectivity index (χ3n) is 3.63. The van der Waals surface area contributed by atoms with Crippen molar-refractivity contribution in [3.63, 3.8) is 0 Å². The van der Waals surface area contributed by atoms with Crippen LogP contribution in [-0.2, 0) is 0 Å². The van der Waals surface area contributed by atoms with Crippen LogP contribution in [0.5, 0.6) is 0 Å². The molecule has 0 saturated heterocycles. The number of pyridine rings is 1. The van der Waals surface area contributed by atoms with Gasteiger partial charge >= 0.3 is 0 Å². The van der Waals surface area contributed by atoms with Crippen LogP contribution in [0.15, 0.2) is 115 Å². The molecule has 0 aliphatic carbocycles. The van der Waals surface area contributed by atoms with Crippen LogP contribution >= 0.6 is 0 Å². The Labute approximate surface area is 170 Å². The van der Waals surface area contributed by atoms with Gasteiger partial charge in [-0.1, -0.05) is 114 Å². The van der Waals surface area contributed by atoms with E-state index in [2.05, 4.69) is 62.2 Å². The first-order valence-corrected chi connectivity index (χ1v) is 9.50. The molecule has 4 aromatic rings. The van der Waals surface area contributed by atoms with Gasteiger partial charge in [0.05, 0.1) is 0 Å². The van der Waals surface area contributed by atoms with E-state index in [-0.39, 0.29) is 0 Å². The van der Waals surface area contributed by atoms with Crippen LogP contribution < -0.4 is 0 Å². The highest BCUT2D eigenvalue weighted by molar-refractivity contribution is 5.13. The molecule has 28 heavy (non-hydrogen) atoms. The first-order chi connectivity index (χ1) is 13.6. The lowest BCUT2D eigenvalue weighted by Crippen LogP contribution is -1.72. The molecule has 3 aromatic carbocycles. The summed E-state index contributed by atoms with van der Waals surface area (Å²) >= 11 is 0. The van der Waals surface area contributed by atoms with E-state index in [1.807, 2.05) is 79.7 Å². The average molecular weight is 370 g/mol. The van der Waals surface area contributed by atoms with Gasteiger partial charge in [-0.25, -0.2) is 0 Å². The summed E-state index contributed by atoms with van der Waals surface area (Å²) in [6.07, 6.45) is 1.79. The predicted octanol–water partition coefficient (Wildman–Crippen LogP) is 7.38. The summed E-state index contributed by atoms with van der Waals surface area (Å²) < 4.78 is 0. The van der Waals surface area contributed by atoms with E-state index in [0.717, 1.165) is 5.69 Å². The Kier molecular flexibility index (Phi) is 12.2. The number of nitrogens with zero attached hydrogens (tertiary/aromatic N) is 1. The Morgan fingerprint density at radius 3 is 0.857 bits per heavy atom. The van der Waals surface area contributed by atoms with Crippen LogP contribution in [0.1, 0.15) is 22.4 Å². The Hall–Kier alpha value is -3.19. The van der Waals surface area contributed by atoms with Crippen molar-refractivity contribution in [2.24, 2.45) is 0 Å². The quantitative estimate of drug-likeness (QED) is 0.315. The highest BCUT2D eigenvalue weighted by atomic mass is 14.6. The number of hydrogen-bond donors (Lipinski definition) is 0. The zero-order valence-electron chi connectivity index (χ0n) is 17.4. The van der Waals surface area contributed by atoms with E-state index >= 15 is 0 Å². The second kappa shape index (κ2) is 14.9. The summed E-state index contributed by atoms with van der Waals surface area (Å²) in [6, 6.07) is 36.6. The van der Waals surface area contributed by atoms with Crippen molar-refractivity contribution in [3.8, 4) is 0 Å². The van der Waals surface area contributed by atoms with Crippen LogP contribution in [0.3, 0.4) is 0 Å². The van der Waals surface area contributed by atoms with Crippen molar-refractivity contribution in [2.45, 2.75) is 27.7 Å². The number of aromatic nitrogens is 1. The van der Waals surface area contributed by atoms with Gasteiger partial charge in [0.25, 0.3) is 0 Å². The molecule has 1 nitrogen and oxygen atoms in total. The van der Waals surface area contributed by atoms with Gasteiger partial charge in [-0.3, -0.25) is 4.98 Å². The van der Waals surface area contributed by atoms with Crippen molar-refractivity contribution < 1.29 is 0 Å². The van der Waals surface area contributed by atoms with E-state index in [9.17, 15) is 0 Å². The number of rotatable bonds is 0. The van der Waals surface area contributed by atoms with E-state index in [0.29, 0.717) is 0 Å². The van der Waals surface area contributed by atoms with Crippen LogP contribution in [0, 0.1) is 27.7 Å². The monoisotopic (exact) mass is 369 g/mol. The standard InChI is InChI=1S/3C7H8.C6H7N/c3*1-7-5-3-2-4-6-7;1-6-4-2-3-5-7-6/h3*2-6H,1H3;2-5H,1H3. The summed E-state index contributed by atoms with van der Waals surface area (Å²) in [4.78, 5) is 3.98. The van der Waals surface area contributed by atoms with E-state index < -0.39 is 0 Å². The Balaban J connectivity index is 0.000000187. The van der Waals surface area contributed by atoms with Crippen molar-refractivity contribution in [3.05, 3.63) is 138 Å². The van der Waals surface area contributed by atoms with Crippen molar-refractivity contribution in [1.82, 2.24) is 4.98 Å². The SMILES string of the molecule is Cc1ccccc1.Cc1ccccc1.Cc1ccccc1.Cc1ccccn1. The molecule has 0 unspecified atom stereocenters. The highest BCUT2D eigenvalue weighted by Crippen LogP contribution is 1.93. The van der Waals surface area contributed by atoms with Crippen molar-refractivity contribution >= 4 is 0 Å². The van der Waals surface area contributed by atoms with Gasteiger partial charge in [-0.15, -0.1) is 0 Å². The fourth-order valence-corrected chi connectivity index (χ4v) is 2.05. The zero-order valence-corrected chi connectivity index (χ0v) is 17.4. The molecule has 0 bridgehead atoms. The normalized spacial score (nSPS) is 8.71. The predicted molar refractivity (Wildman–Crippen MR) is 123 cm³/mol. The smallest absolute Gasteiger partial charge is 0.0372 e. The molecule has 0 atom stereocenters. The maximum atomic E-state index is 3.98. The van der Waals surface area contributed by atoms with Gasteiger partial charge in [0.1, 0.15) is 0 Å². The topological polar surface area (TPSA) is 12.9 Å². The van der Waals surface area contributed by atoms with Crippen molar-refractivity contribution in [1.29, 1.82) is 0 Å². The molecule has 0 aliphatic rings. The molecule has 0 aliphatic heterocycles. The van der Waals surface area contributed by atoms with Gasteiger partial charge in [-0.05, 0) is 39.8 Å². The van der Waals surface area contributed by atoms with Gasteiger partial charge in [-0.2, -0.15) is 0 Å². The van der Waals surface area contributed by atoms with Crippen LogP contribution in [-0.4, -0.2) is 4.98 Å². The number of hydrogen-bond acceptors (Lipinski definition) is 1. The zero-order chi connectivity index (χ0) is 20.5. The largest absolute Gasteiger partial charge is 0.262 e. The van der Waals surface area contributed by atoms with E-state index in [1.54, 1.807) is 6.20 Å². The van der Waals surface area contributed by atoms with Crippen LogP contribution in [0.4, 0.5) is 0 Å². The molecule has 0 fully saturated rings. The first kappa shape index (κ1) is 22.9. The molecule has 1 aromatic heterocycles. The molecule has 0 saturated carbocycles. The molecule has 1 heteroatoms. The summed E-state index contributed by atoms with van der Waals surface area (Å²) in [5.74, 6) is 0. The van der Waals surface area contributed by atoms with Crippen molar-refractivity contribution in [2.75, 3.05) is 0 Å². The van der Waals surface area contributed by atoms with Crippen LogP contribution in [0.2, 0.25) is 0 Å². The molecule has 0 radical (unpaired) electrons. The van der Waals surface area contributed by atoms with E-state index in [4.69, 9.17) is 0 Å². The van der Waals surface area contributed by atoms with Gasteiger partial charge in [0, 0.05) is 11.9 Å². The van der Waals surface area contributed by atoms with Gasteiger partial charge in [0.15, 0.2) is 0 Å². The maximum absolute atomic E-state index is 3.98. The Bertz CT molecular complexity index is 676. The Morgan fingerprint density at radius 1 is 0.393 bits per heavy atom. The second-order valence-electron chi connectivity index (χ2n) is 6.44.